The number of rotatable bonds is 7. The number of nitrogens with one attached hydrogen (secondary N) is 1. The van der Waals surface area contributed by atoms with Gasteiger partial charge >= 0.3 is 0 Å². The second-order valence-corrected chi connectivity index (χ2v) is 6.12. The Bertz CT molecular complexity index is 447. The maximum atomic E-state index is 12.2. The summed E-state index contributed by atoms with van der Waals surface area (Å²) in [6.45, 7) is 3.99. The van der Waals surface area contributed by atoms with Crippen molar-refractivity contribution in [3.63, 3.8) is 0 Å². The maximum absolute atomic E-state index is 12.2. The molecule has 0 radical (unpaired) electrons. The van der Waals surface area contributed by atoms with Crippen molar-refractivity contribution in [3.8, 4) is 0 Å². The van der Waals surface area contributed by atoms with Crippen molar-refractivity contribution in [2.24, 2.45) is 0 Å². The first-order chi connectivity index (χ1) is 10.1. The van der Waals surface area contributed by atoms with Gasteiger partial charge in [0.25, 0.3) is 11.7 Å². The number of benzene rings is 1. The van der Waals surface area contributed by atoms with E-state index in [1.165, 1.54) is 12.8 Å². The van der Waals surface area contributed by atoms with Crippen LogP contribution >= 0.6 is 11.8 Å². The Labute approximate surface area is 128 Å². The summed E-state index contributed by atoms with van der Waals surface area (Å²) < 4.78 is 24.4. The lowest BCUT2D eigenvalue weighted by Gasteiger charge is -2.14. The third-order valence-electron chi connectivity index (χ3n) is 3.48. The maximum Gasteiger partial charge on any atom is 0.288 e. The summed E-state index contributed by atoms with van der Waals surface area (Å²) in [6, 6.07) is 6.27. The zero-order valence-electron chi connectivity index (χ0n) is 11.9. The van der Waals surface area contributed by atoms with E-state index in [1.807, 2.05) is 0 Å². The molecule has 1 aliphatic rings. The Morgan fingerprint density at radius 2 is 1.90 bits per heavy atom. The van der Waals surface area contributed by atoms with Crippen molar-refractivity contribution < 1.29 is 13.6 Å². The molecule has 1 N–H and O–H groups in total. The summed E-state index contributed by atoms with van der Waals surface area (Å²) in [5, 5.41) is 2.86. The average Bonchev–Trinajstić information content (AvgIpc) is 2.97. The molecule has 6 heteroatoms. The molecule has 21 heavy (non-hydrogen) atoms. The minimum Gasteiger partial charge on any atom is -0.352 e. The number of nitrogens with zero attached hydrogens (tertiary/aromatic N) is 1. The van der Waals surface area contributed by atoms with Gasteiger partial charge in [-0.05, 0) is 63.2 Å². The van der Waals surface area contributed by atoms with Gasteiger partial charge in [-0.25, -0.2) is 0 Å². The van der Waals surface area contributed by atoms with Crippen LogP contribution < -0.4 is 5.32 Å². The number of halogens is 2. The monoisotopic (exact) mass is 314 g/mol. The molecule has 0 saturated carbocycles. The van der Waals surface area contributed by atoms with Crippen molar-refractivity contribution in [3.05, 3.63) is 29.8 Å². The van der Waals surface area contributed by atoms with Gasteiger partial charge in [0.1, 0.15) is 0 Å². The van der Waals surface area contributed by atoms with E-state index in [4.69, 9.17) is 0 Å². The van der Waals surface area contributed by atoms with Gasteiger partial charge in [0, 0.05) is 17.0 Å². The summed E-state index contributed by atoms with van der Waals surface area (Å²) in [4.78, 5) is 14.8. The Morgan fingerprint density at radius 1 is 1.24 bits per heavy atom. The molecule has 0 bridgehead atoms. The van der Waals surface area contributed by atoms with Crippen LogP contribution in [0.15, 0.2) is 29.2 Å². The first kappa shape index (κ1) is 16.2. The molecule has 2 rings (SSSR count). The summed E-state index contributed by atoms with van der Waals surface area (Å²) in [5.74, 6) is -2.58. The van der Waals surface area contributed by atoms with Crippen molar-refractivity contribution in [1.82, 2.24) is 10.2 Å². The predicted octanol–water partition coefficient (Wildman–Crippen LogP) is 3.22. The number of alkyl halides is 2. The minimum atomic E-state index is -2.43. The minimum absolute atomic E-state index is 0.148. The molecule has 0 aromatic heterocycles. The smallest absolute Gasteiger partial charge is 0.288 e. The molecular formula is C15H20F2N2OS. The largest absolute Gasteiger partial charge is 0.352 e. The lowest BCUT2D eigenvalue weighted by Crippen LogP contribution is -2.28. The van der Waals surface area contributed by atoms with Crippen LogP contribution in [0.3, 0.4) is 0 Å². The van der Waals surface area contributed by atoms with E-state index in [0.29, 0.717) is 28.8 Å². The van der Waals surface area contributed by atoms with Gasteiger partial charge in [0.15, 0.2) is 0 Å². The number of carbonyl (C=O) groups excluding carboxylic acids is 1. The van der Waals surface area contributed by atoms with Crippen LogP contribution in [0.4, 0.5) is 8.78 Å². The summed E-state index contributed by atoms with van der Waals surface area (Å²) in [7, 11) is 0. The molecule has 0 spiro atoms. The van der Waals surface area contributed by atoms with Crippen molar-refractivity contribution in [2.45, 2.75) is 29.9 Å². The molecule has 1 amide bonds. The van der Waals surface area contributed by atoms with Gasteiger partial charge in [0.2, 0.25) is 0 Å². The fraction of sp³-hybridized carbons (Fsp3) is 0.533. The molecule has 0 aliphatic carbocycles. The van der Waals surface area contributed by atoms with E-state index in [0.717, 1.165) is 26.1 Å². The quantitative estimate of drug-likeness (QED) is 0.619. The van der Waals surface area contributed by atoms with E-state index in [-0.39, 0.29) is 5.91 Å². The fourth-order valence-corrected chi connectivity index (χ4v) is 2.90. The molecule has 1 aliphatic heterocycles. The van der Waals surface area contributed by atoms with Crippen LogP contribution in [-0.2, 0) is 0 Å². The highest BCUT2D eigenvalue weighted by atomic mass is 32.2. The highest BCUT2D eigenvalue weighted by Gasteiger charge is 2.11. The van der Waals surface area contributed by atoms with Crippen LogP contribution in [-0.4, -0.2) is 42.7 Å². The predicted molar refractivity (Wildman–Crippen MR) is 80.9 cm³/mol. The number of likely N-dealkylation sites (tertiary alicyclic amines) is 1. The number of hydrogen-bond donors (Lipinski definition) is 1. The van der Waals surface area contributed by atoms with E-state index in [9.17, 15) is 13.6 Å². The lowest BCUT2D eigenvalue weighted by molar-refractivity contribution is 0.0952. The van der Waals surface area contributed by atoms with Gasteiger partial charge in [-0.2, -0.15) is 8.78 Å². The van der Waals surface area contributed by atoms with E-state index in [1.54, 1.807) is 24.3 Å². The molecule has 3 nitrogen and oxygen atoms in total. The number of thioether (sulfide) groups is 1. The second kappa shape index (κ2) is 8.34. The molecular weight excluding hydrogens is 294 g/mol. The van der Waals surface area contributed by atoms with Crippen LogP contribution in [0.5, 0.6) is 0 Å². The van der Waals surface area contributed by atoms with Gasteiger partial charge in [0.05, 0.1) is 0 Å². The molecule has 1 fully saturated rings. The topological polar surface area (TPSA) is 32.3 Å². The van der Waals surface area contributed by atoms with Crippen LogP contribution in [0, 0.1) is 0 Å². The Balaban J connectivity index is 1.69. The van der Waals surface area contributed by atoms with Gasteiger partial charge in [-0.3, -0.25) is 4.79 Å². The van der Waals surface area contributed by atoms with Gasteiger partial charge in [-0.15, -0.1) is 0 Å². The Hall–Kier alpha value is -1.14. The second-order valence-electron chi connectivity index (χ2n) is 5.06. The van der Waals surface area contributed by atoms with E-state index >= 15 is 0 Å². The molecule has 1 saturated heterocycles. The number of amides is 1. The molecule has 1 aromatic carbocycles. The summed E-state index contributed by atoms with van der Waals surface area (Å²) >= 11 is 0.484. The third kappa shape index (κ3) is 5.63. The standard InChI is InChI=1S/C15H20F2N2OS/c16-15(17)21-13-6-4-12(5-7-13)14(20)18-8-3-11-19-9-1-2-10-19/h4-7,15H,1-3,8-11H2,(H,18,20). The zero-order chi connectivity index (χ0) is 15.1. The molecule has 0 unspecified atom stereocenters. The molecule has 116 valence electrons. The van der Waals surface area contributed by atoms with Crippen LogP contribution in [0.2, 0.25) is 0 Å². The summed E-state index contributed by atoms with van der Waals surface area (Å²) in [6.07, 6.45) is 3.48. The zero-order valence-corrected chi connectivity index (χ0v) is 12.7. The summed E-state index contributed by atoms with van der Waals surface area (Å²) in [5.41, 5.74) is 0.509. The third-order valence-corrected chi connectivity index (χ3v) is 4.20. The lowest BCUT2D eigenvalue weighted by atomic mass is 10.2. The van der Waals surface area contributed by atoms with Gasteiger partial charge < -0.3 is 10.2 Å². The number of carbonyl (C=O) groups is 1. The van der Waals surface area contributed by atoms with Crippen molar-refractivity contribution >= 4 is 17.7 Å². The molecule has 1 heterocycles. The fourth-order valence-electron chi connectivity index (χ4n) is 2.40. The first-order valence-electron chi connectivity index (χ1n) is 7.20. The Kier molecular flexibility index (Phi) is 6.45. The Morgan fingerprint density at radius 3 is 2.52 bits per heavy atom. The normalized spacial score (nSPS) is 15.6. The highest BCUT2D eigenvalue weighted by molar-refractivity contribution is 7.99. The van der Waals surface area contributed by atoms with Gasteiger partial charge in [-0.1, -0.05) is 11.8 Å². The highest BCUT2D eigenvalue weighted by Crippen LogP contribution is 2.25. The van der Waals surface area contributed by atoms with E-state index < -0.39 is 5.76 Å². The molecule has 1 aromatic rings. The first-order valence-corrected chi connectivity index (χ1v) is 8.08. The SMILES string of the molecule is O=C(NCCCN1CCCC1)c1ccc(SC(F)F)cc1. The van der Waals surface area contributed by atoms with Crippen molar-refractivity contribution in [2.75, 3.05) is 26.2 Å². The van der Waals surface area contributed by atoms with Crippen LogP contribution in [0.1, 0.15) is 29.6 Å². The van der Waals surface area contributed by atoms with E-state index in [2.05, 4.69) is 10.2 Å². The average molecular weight is 314 g/mol. The number of hydrogen-bond acceptors (Lipinski definition) is 3. The molecule has 0 atom stereocenters. The van der Waals surface area contributed by atoms with Crippen LogP contribution in [0.25, 0.3) is 0 Å². The van der Waals surface area contributed by atoms with Crippen molar-refractivity contribution in [1.29, 1.82) is 0 Å².